The number of rotatable bonds is 3. The van der Waals surface area contributed by atoms with E-state index < -0.39 is 15.4 Å². The maximum Gasteiger partial charge on any atom is 0.240 e. The quantitative estimate of drug-likeness (QED) is 0.883. The molecule has 0 radical (unpaired) electrons. The predicted molar refractivity (Wildman–Crippen MR) is 94.6 cm³/mol. The Morgan fingerprint density at radius 1 is 1.28 bits per heavy atom. The van der Waals surface area contributed by atoms with Gasteiger partial charge in [0.05, 0.1) is 11.5 Å². The van der Waals surface area contributed by atoms with E-state index >= 15 is 0 Å². The van der Waals surface area contributed by atoms with E-state index in [1.54, 1.807) is 12.1 Å². The standard InChI is InChI=1S/C18H26N2O4S/c1-18(2,3)17(21)20-8-6-13-10-16(5-4-14(13)11-20)25(22,23)19-15-7-9-24-12-15/h4-5,10,15,19H,6-9,11-12H2,1-3H3/t15-/m1/s1. The van der Waals surface area contributed by atoms with Gasteiger partial charge in [0, 0.05) is 31.2 Å². The third kappa shape index (κ3) is 4.04. The average Bonchev–Trinajstić information content (AvgIpc) is 3.04. The molecule has 1 atom stereocenters. The van der Waals surface area contributed by atoms with Crippen LogP contribution in [0.4, 0.5) is 0 Å². The summed E-state index contributed by atoms with van der Waals surface area (Å²) in [6, 6.07) is 5.05. The Balaban J connectivity index is 1.76. The van der Waals surface area contributed by atoms with Gasteiger partial charge in [-0.1, -0.05) is 26.8 Å². The maximum atomic E-state index is 12.5. The first-order valence-electron chi connectivity index (χ1n) is 8.68. The molecule has 0 unspecified atom stereocenters. The second kappa shape index (κ2) is 6.70. The fraction of sp³-hybridized carbons (Fsp3) is 0.611. The lowest BCUT2D eigenvalue weighted by Gasteiger charge is -2.33. The van der Waals surface area contributed by atoms with E-state index in [1.807, 2.05) is 31.7 Å². The van der Waals surface area contributed by atoms with Crippen LogP contribution in [0.15, 0.2) is 23.1 Å². The molecule has 3 rings (SSSR count). The largest absolute Gasteiger partial charge is 0.380 e. The van der Waals surface area contributed by atoms with Crippen LogP contribution in [0.25, 0.3) is 0 Å². The minimum atomic E-state index is -3.54. The molecule has 138 valence electrons. The van der Waals surface area contributed by atoms with Crippen LogP contribution in [-0.4, -0.2) is 45.0 Å². The van der Waals surface area contributed by atoms with Gasteiger partial charge in [-0.2, -0.15) is 0 Å². The van der Waals surface area contributed by atoms with Gasteiger partial charge in [0.15, 0.2) is 0 Å². The number of nitrogens with zero attached hydrogens (tertiary/aromatic N) is 1. The molecule has 2 aliphatic rings. The van der Waals surface area contributed by atoms with Gasteiger partial charge in [0.25, 0.3) is 0 Å². The van der Waals surface area contributed by atoms with Crippen molar-refractivity contribution < 1.29 is 17.9 Å². The van der Waals surface area contributed by atoms with Crippen molar-refractivity contribution in [3.63, 3.8) is 0 Å². The lowest BCUT2D eigenvalue weighted by molar-refractivity contribution is -0.140. The molecule has 25 heavy (non-hydrogen) atoms. The van der Waals surface area contributed by atoms with Gasteiger partial charge in [-0.25, -0.2) is 13.1 Å². The SMILES string of the molecule is CC(C)(C)C(=O)N1CCc2cc(S(=O)(=O)N[C@@H]3CCOC3)ccc2C1. The van der Waals surface area contributed by atoms with Gasteiger partial charge in [-0.05, 0) is 36.1 Å². The minimum Gasteiger partial charge on any atom is -0.380 e. The Morgan fingerprint density at radius 2 is 2.04 bits per heavy atom. The molecule has 6 nitrogen and oxygen atoms in total. The molecule has 0 aliphatic carbocycles. The lowest BCUT2D eigenvalue weighted by atomic mass is 9.92. The summed E-state index contributed by atoms with van der Waals surface area (Å²) in [5.41, 5.74) is 1.61. The molecule has 0 bridgehead atoms. The van der Waals surface area contributed by atoms with Crippen molar-refractivity contribution >= 4 is 15.9 Å². The van der Waals surface area contributed by atoms with Crippen molar-refractivity contribution in [2.75, 3.05) is 19.8 Å². The summed E-state index contributed by atoms with van der Waals surface area (Å²) in [5, 5.41) is 0. The topological polar surface area (TPSA) is 75.7 Å². The third-order valence-corrected chi connectivity index (χ3v) is 6.20. The van der Waals surface area contributed by atoms with Crippen molar-refractivity contribution in [2.45, 2.75) is 51.1 Å². The van der Waals surface area contributed by atoms with Crippen LogP contribution >= 0.6 is 0 Å². The number of amides is 1. The van der Waals surface area contributed by atoms with Crippen LogP contribution in [0.1, 0.15) is 38.3 Å². The third-order valence-electron chi connectivity index (χ3n) is 4.68. The van der Waals surface area contributed by atoms with Crippen molar-refractivity contribution in [1.29, 1.82) is 0 Å². The summed E-state index contributed by atoms with van der Waals surface area (Å²) in [5.74, 6) is 0.123. The zero-order valence-electron chi connectivity index (χ0n) is 15.0. The minimum absolute atomic E-state index is 0.123. The summed E-state index contributed by atoms with van der Waals surface area (Å²) in [6.45, 7) is 7.92. The fourth-order valence-electron chi connectivity index (χ4n) is 3.26. The van der Waals surface area contributed by atoms with E-state index in [9.17, 15) is 13.2 Å². The van der Waals surface area contributed by atoms with E-state index in [0.29, 0.717) is 39.1 Å². The Hall–Kier alpha value is -1.44. The maximum absolute atomic E-state index is 12.5. The van der Waals surface area contributed by atoms with Crippen LogP contribution in [0, 0.1) is 5.41 Å². The van der Waals surface area contributed by atoms with Gasteiger partial charge in [-0.15, -0.1) is 0 Å². The Bertz CT molecular complexity index is 762. The first kappa shape index (κ1) is 18.4. The van der Waals surface area contributed by atoms with Gasteiger partial charge in [-0.3, -0.25) is 4.79 Å². The molecule has 1 N–H and O–H groups in total. The molecule has 0 aromatic heterocycles. The van der Waals surface area contributed by atoms with Gasteiger partial charge in [0.1, 0.15) is 0 Å². The number of fused-ring (bicyclic) bond motifs is 1. The summed E-state index contributed by atoms with van der Waals surface area (Å²) in [7, 11) is -3.54. The molecule has 2 aliphatic heterocycles. The van der Waals surface area contributed by atoms with Crippen LogP contribution in [0.3, 0.4) is 0 Å². The molecule has 1 aromatic carbocycles. The van der Waals surface area contributed by atoms with E-state index in [2.05, 4.69) is 4.72 Å². The predicted octanol–water partition coefficient (Wildman–Crippen LogP) is 1.68. The first-order valence-corrected chi connectivity index (χ1v) is 10.2. The fourth-order valence-corrected chi connectivity index (χ4v) is 4.56. The number of nitrogens with one attached hydrogen (secondary N) is 1. The smallest absolute Gasteiger partial charge is 0.240 e. The second-order valence-corrected chi connectivity index (χ2v) is 9.55. The van der Waals surface area contributed by atoms with Crippen molar-refractivity contribution in [3.8, 4) is 0 Å². The van der Waals surface area contributed by atoms with Gasteiger partial charge in [0.2, 0.25) is 15.9 Å². The highest BCUT2D eigenvalue weighted by molar-refractivity contribution is 7.89. The number of ether oxygens (including phenoxy) is 1. The monoisotopic (exact) mass is 366 g/mol. The van der Waals surface area contributed by atoms with Crippen LogP contribution in [0.2, 0.25) is 0 Å². The average molecular weight is 366 g/mol. The summed E-state index contributed by atoms with van der Waals surface area (Å²) >= 11 is 0. The number of hydrogen-bond donors (Lipinski definition) is 1. The van der Waals surface area contributed by atoms with Crippen LogP contribution in [0.5, 0.6) is 0 Å². The molecule has 2 heterocycles. The highest BCUT2D eigenvalue weighted by Gasteiger charge is 2.30. The summed E-state index contributed by atoms with van der Waals surface area (Å²) < 4.78 is 33.0. The number of sulfonamides is 1. The van der Waals surface area contributed by atoms with Crippen molar-refractivity contribution in [3.05, 3.63) is 29.3 Å². The zero-order chi connectivity index (χ0) is 18.2. The van der Waals surface area contributed by atoms with Crippen LogP contribution < -0.4 is 4.72 Å². The Kier molecular flexibility index (Phi) is 4.92. The van der Waals surface area contributed by atoms with E-state index in [0.717, 1.165) is 11.1 Å². The molecular formula is C18H26N2O4S. The van der Waals surface area contributed by atoms with E-state index in [1.165, 1.54) is 0 Å². The number of carbonyl (C=O) groups excluding carboxylic acids is 1. The zero-order valence-corrected chi connectivity index (χ0v) is 15.9. The van der Waals surface area contributed by atoms with Gasteiger partial charge >= 0.3 is 0 Å². The van der Waals surface area contributed by atoms with Crippen molar-refractivity contribution in [1.82, 2.24) is 9.62 Å². The second-order valence-electron chi connectivity index (χ2n) is 7.84. The first-order chi connectivity index (χ1) is 11.7. The summed E-state index contributed by atoms with van der Waals surface area (Å²) in [4.78, 5) is 14.6. The Morgan fingerprint density at radius 3 is 2.68 bits per heavy atom. The lowest BCUT2D eigenvalue weighted by Crippen LogP contribution is -2.42. The molecular weight excluding hydrogens is 340 g/mol. The van der Waals surface area contributed by atoms with E-state index in [4.69, 9.17) is 4.74 Å². The highest BCUT2D eigenvalue weighted by atomic mass is 32.2. The number of carbonyl (C=O) groups is 1. The summed E-state index contributed by atoms with van der Waals surface area (Å²) in [6.07, 6.45) is 1.38. The van der Waals surface area contributed by atoms with Crippen molar-refractivity contribution in [2.24, 2.45) is 5.41 Å². The number of hydrogen-bond acceptors (Lipinski definition) is 4. The number of benzene rings is 1. The molecule has 0 spiro atoms. The molecule has 1 saturated heterocycles. The Labute approximate surface area is 149 Å². The highest BCUT2D eigenvalue weighted by Crippen LogP contribution is 2.26. The van der Waals surface area contributed by atoms with E-state index in [-0.39, 0.29) is 16.8 Å². The van der Waals surface area contributed by atoms with Crippen LogP contribution in [-0.2, 0) is 32.5 Å². The molecule has 1 fully saturated rings. The molecule has 1 aromatic rings. The molecule has 0 saturated carbocycles. The van der Waals surface area contributed by atoms with Gasteiger partial charge < -0.3 is 9.64 Å². The molecule has 1 amide bonds. The molecule has 7 heteroatoms. The normalized spacial score (nSPS) is 21.2.